The molecule has 0 radical (unpaired) electrons. The summed E-state index contributed by atoms with van der Waals surface area (Å²) in [7, 11) is 0. The average molecular weight is 443 g/mol. The topological polar surface area (TPSA) is 81.7 Å². The van der Waals surface area contributed by atoms with E-state index in [1.165, 1.54) is 12.1 Å². The molecule has 1 aromatic carbocycles. The minimum atomic E-state index is -0.286. The summed E-state index contributed by atoms with van der Waals surface area (Å²) in [5.41, 5.74) is 1.49. The third-order valence-corrected chi connectivity index (χ3v) is 5.48. The number of hydrogen-bond acceptors (Lipinski definition) is 5. The van der Waals surface area contributed by atoms with Gasteiger partial charge < -0.3 is 20.0 Å². The number of hydrogen-bond donors (Lipinski definition) is 1. The molecule has 0 atom stereocenters. The van der Waals surface area contributed by atoms with Gasteiger partial charge in [-0.15, -0.1) is 10.2 Å². The van der Waals surface area contributed by atoms with E-state index in [1.54, 1.807) is 17.0 Å². The van der Waals surface area contributed by atoms with Crippen molar-refractivity contribution in [3.05, 3.63) is 42.2 Å². The monoisotopic (exact) mass is 442 g/mol. The van der Waals surface area contributed by atoms with Gasteiger partial charge >= 0.3 is 6.03 Å². The highest BCUT2D eigenvalue weighted by molar-refractivity contribution is 5.84. The Morgan fingerprint density at radius 3 is 2.47 bits per heavy atom. The molecule has 1 saturated heterocycles. The van der Waals surface area contributed by atoms with Gasteiger partial charge in [0, 0.05) is 44.8 Å². The maximum Gasteiger partial charge on any atom is 0.317 e. The first-order chi connectivity index (χ1) is 15.5. The summed E-state index contributed by atoms with van der Waals surface area (Å²) in [6.45, 7) is 7.65. The second-order valence-corrected chi connectivity index (χ2v) is 7.75. The van der Waals surface area contributed by atoms with Gasteiger partial charge in [-0.25, -0.2) is 9.18 Å². The summed E-state index contributed by atoms with van der Waals surface area (Å²) in [6, 6.07) is 9.73. The number of nitrogens with one attached hydrogen (secondary N) is 1. The predicted octanol–water partition coefficient (Wildman–Crippen LogP) is 2.76. The summed E-state index contributed by atoms with van der Waals surface area (Å²) in [4.78, 5) is 30.5. The molecule has 1 aliphatic heterocycles. The van der Waals surface area contributed by atoms with Crippen molar-refractivity contribution < 1.29 is 14.0 Å². The van der Waals surface area contributed by atoms with Crippen molar-refractivity contribution in [3.63, 3.8) is 0 Å². The molecule has 0 unspecified atom stereocenters. The number of likely N-dealkylation sites (N-methyl/N-ethyl adjacent to an activating group) is 1. The molecule has 32 heavy (non-hydrogen) atoms. The van der Waals surface area contributed by atoms with Gasteiger partial charge in [-0.3, -0.25) is 4.79 Å². The number of halogens is 1. The molecule has 9 heteroatoms. The highest BCUT2D eigenvalue weighted by Crippen LogP contribution is 2.20. The van der Waals surface area contributed by atoms with Crippen LogP contribution in [0.25, 0.3) is 11.3 Å². The van der Waals surface area contributed by atoms with E-state index in [0.29, 0.717) is 38.4 Å². The largest absolute Gasteiger partial charge is 0.353 e. The standard InChI is InChI=1S/C23H31FN6O2/c1-3-12-25-23(32)28(4-2)17-22(31)30-14-5-13-29(15-16-30)21-11-10-20(26-27-21)18-6-8-19(24)9-7-18/h6-11H,3-5,12-17H2,1-2H3,(H,25,32). The summed E-state index contributed by atoms with van der Waals surface area (Å²) < 4.78 is 13.1. The number of carbonyl (C=O) groups is 2. The Bertz CT molecular complexity index is 890. The van der Waals surface area contributed by atoms with Crippen molar-refractivity contribution >= 4 is 17.8 Å². The lowest BCUT2D eigenvalue weighted by atomic mass is 10.1. The smallest absolute Gasteiger partial charge is 0.317 e. The molecular weight excluding hydrogens is 411 g/mol. The Labute approximate surface area is 188 Å². The van der Waals surface area contributed by atoms with Gasteiger partial charge in [0.15, 0.2) is 5.82 Å². The number of benzene rings is 1. The molecule has 1 fully saturated rings. The summed E-state index contributed by atoms with van der Waals surface area (Å²) >= 11 is 0. The predicted molar refractivity (Wildman–Crippen MR) is 122 cm³/mol. The lowest BCUT2D eigenvalue weighted by Crippen LogP contribution is -2.47. The van der Waals surface area contributed by atoms with Gasteiger partial charge in [-0.05, 0) is 56.2 Å². The molecule has 1 aliphatic rings. The second-order valence-electron chi connectivity index (χ2n) is 7.75. The van der Waals surface area contributed by atoms with Crippen LogP contribution in [-0.4, -0.2) is 77.7 Å². The molecule has 1 aromatic heterocycles. The van der Waals surface area contributed by atoms with Crippen molar-refractivity contribution in [2.45, 2.75) is 26.7 Å². The number of carbonyl (C=O) groups excluding carboxylic acids is 2. The lowest BCUT2D eigenvalue weighted by molar-refractivity contribution is -0.131. The van der Waals surface area contributed by atoms with E-state index in [0.717, 1.165) is 30.8 Å². The molecule has 2 heterocycles. The summed E-state index contributed by atoms with van der Waals surface area (Å²) in [5.74, 6) is 0.419. The van der Waals surface area contributed by atoms with Crippen LogP contribution in [-0.2, 0) is 4.79 Å². The third kappa shape index (κ3) is 6.15. The first-order valence-electron chi connectivity index (χ1n) is 11.2. The van der Waals surface area contributed by atoms with Crippen molar-refractivity contribution in [2.24, 2.45) is 0 Å². The van der Waals surface area contributed by atoms with Gasteiger partial charge in [0.1, 0.15) is 12.4 Å². The maximum absolute atomic E-state index is 13.1. The molecular formula is C23H31FN6O2. The fourth-order valence-corrected chi connectivity index (χ4v) is 3.60. The van der Waals surface area contributed by atoms with Gasteiger partial charge in [0.2, 0.25) is 5.91 Å². The molecule has 3 rings (SSSR count). The van der Waals surface area contributed by atoms with Crippen LogP contribution in [0, 0.1) is 5.82 Å². The highest BCUT2D eigenvalue weighted by atomic mass is 19.1. The van der Waals surface area contributed by atoms with Crippen LogP contribution >= 0.6 is 0 Å². The minimum absolute atomic E-state index is 0.0434. The Balaban J connectivity index is 1.56. The number of rotatable bonds is 7. The zero-order valence-corrected chi connectivity index (χ0v) is 18.8. The van der Waals surface area contributed by atoms with E-state index < -0.39 is 0 Å². The van der Waals surface area contributed by atoms with Crippen LogP contribution in [0.1, 0.15) is 26.7 Å². The molecule has 0 aliphatic carbocycles. The van der Waals surface area contributed by atoms with Crippen LogP contribution in [0.2, 0.25) is 0 Å². The highest BCUT2D eigenvalue weighted by Gasteiger charge is 2.23. The maximum atomic E-state index is 13.1. The Hall–Kier alpha value is -3.23. The quantitative estimate of drug-likeness (QED) is 0.713. The number of nitrogens with zero attached hydrogens (tertiary/aromatic N) is 5. The normalized spacial score (nSPS) is 14.1. The molecule has 0 bridgehead atoms. The Morgan fingerprint density at radius 1 is 1.03 bits per heavy atom. The molecule has 3 amide bonds. The Morgan fingerprint density at radius 2 is 1.81 bits per heavy atom. The molecule has 172 valence electrons. The van der Waals surface area contributed by atoms with Crippen molar-refractivity contribution in [2.75, 3.05) is 50.7 Å². The fraction of sp³-hybridized carbons (Fsp3) is 0.478. The van der Waals surface area contributed by atoms with Crippen LogP contribution in [0.15, 0.2) is 36.4 Å². The first kappa shape index (κ1) is 23.4. The zero-order chi connectivity index (χ0) is 22.9. The number of urea groups is 1. The average Bonchev–Trinajstić information content (AvgIpc) is 3.08. The van der Waals surface area contributed by atoms with Crippen molar-refractivity contribution in [3.8, 4) is 11.3 Å². The molecule has 0 spiro atoms. The van der Waals surface area contributed by atoms with Crippen molar-refractivity contribution in [1.82, 2.24) is 25.3 Å². The van der Waals surface area contributed by atoms with E-state index in [-0.39, 0.29) is 24.3 Å². The molecule has 8 nitrogen and oxygen atoms in total. The van der Waals surface area contributed by atoms with Crippen LogP contribution < -0.4 is 10.2 Å². The van der Waals surface area contributed by atoms with Gasteiger partial charge in [0.05, 0.1) is 5.69 Å². The molecule has 0 saturated carbocycles. The minimum Gasteiger partial charge on any atom is -0.353 e. The van der Waals surface area contributed by atoms with E-state index in [1.807, 2.05) is 30.9 Å². The van der Waals surface area contributed by atoms with E-state index in [2.05, 4.69) is 20.4 Å². The van der Waals surface area contributed by atoms with Gasteiger partial charge in [-0.2, -0.15) is 0 Å². The van der Waals surface area contributed by atoms with Crippen molar-refractivity contribution in [1.29, 1.82) is 0 Å². The number of aromatic nitrogens is 2. The van der Waals surface area contributed by atoms with Crippen LogP contribution in [0.5, 0.6) is 0 Å². The van der Waals surface area contributed by atoms with Gasteiger partial charge in [0.25, 0.3) is 0 Å². The third-order valence-electron chi connectivity index (χ3n) is 5.48. The van der Waals surface area contributed by atoms with Gasteiger partial charge in [-0.1, -0.05) is 6.92 Å². The zero-order valence-electron chi connectivity index (χ0n) is 18.8. The molecule has 2 aromatic rings. The first-order valence-corrected chi connectivity index (χ1v) is 11.2. The Kier molecular flexibility index (Phi) is 8.35. The second kappa shape index (κ2) is 11.4. The number of anilines is 1. The van der Waals surface area contributed by atoms with Crippen LogP contribution in [0.4, 0.5) is 15.0 Å². The SMILES string of the molecule is CCCNC(=O)N(CC)CC(=O)N1CCCN(c2ccc(-c3ccc(F)cc3)nn2)CC1. The van der Waals surface area contributed by atoms with E-state index in [4.69, 9.17) is 0 Å². The molecule has 1 N–H and O–H groups in total. The van der Waals surface area contributed by atoms with Crippen LogP contribution in [0.3, 0.4) is 0 Å². The van der Waals surface area contributed by atoms with E-state index in [9.17, 15) is 14.0 Å². The fourth-order valence-electron chi connectivity index (χ4n) is 3.60. The summed E-state index contributed by atoms with van der Waals surface area (Å²) in [6.07, 6.45) is 1.66. The van der Waals surface area contributed by atoms with E-state index >= 15 is 0 Å². The lowest BCUT2D eigenvalue weighted by Gasteiger charge is -2.26. The number of amides is 3. The summed E-state index contributed by atoms with van der Waals surface area (Å²) in [5, 5.41) is 11.5.